The Bertz CT molecular complexity index is 995. The summed E-state index contributed by atoms with van der Waals surface area (Å²) in [6, 6.07) is 9.26. The van der Waals surface area contributed by atoms with Gasteiger partial charge in [0.15, 0.2) is 23.0 Å². The van der Waals surface area contributed by atoms with E-state index in [2.05, 4.69) is 0 Å². The lowest BCUT2D eigenvalue weighted by atomic mass is 9.98. The molecule has 0 radical (unpaired) electrons. The summed E-state index contributed by atoms with van der Waals surface area (Å²) in [4.78, 5) is 12.3. The van der Waals surface area contributed by atoms with E-state index in [-0.39, 0.29) is 6.79 Å². The Kier molecular flexibility index (Phi) is 5.03. The van der Waals surface area contributed by atoms with Crippen LogP contribution in [0.15, 0.2) is 47.7 Å². The number of benzene rings is 2. The van der Waals surface area contributed by atoms with Gasteiger partial charge < -0.3 is 28.4 Å². The highest BCUT2D eigenvalue weighted by Crippen LogP contribution is 2.39. The van der Waals surface area contributed by atoms with Crippen molar-refractivity contribution < 1.29 is 33.2 Å². The second kappa shape index (κ2) is 7.79. The van der Waals surface area contributed by atoms with Crippen LogP contribution < -0.4 is 23.7 Å². The van der Waals surface area contributed by atoms with Crippen LogP contribution in [0.5, 0.6) is 28.7 Å². The minimum absolute atomic E-state index is 0.218. The molecule has 2 heterocycles. The first-order chi connectivity index (χ1) is 14.1. The zero-order chi connectivity index (χ0) is 20.4. The number of carbonyl (C=O) groups is 1. The van der Waals surface area contributed by atoms with E-state index in [0.717, 1.165) is 22.4 Å². The average molecular weight is 396 g/mol. The summed E-state index contributed by atoms with van der Waals surface area (Å²) in [5.74, 6) is 2.51. The molecule has 7 heteroatoms. The first-order valence-electron chi connectivity index (χ1n) is 8.93. The lowest BCUT2D eigenvalue weighted by Crippen LogP contribution is -2.01. The van der Waals surface area contributed by atoms with Crippen LogP contribution in [0, 0.1) is 0 Å². The Hall–Kier alpha value is -3.61. The summed E-state index contributed by atoms with van der Waals surface area (Å²) in [6.07, 6.45) is 3.74. The highest BCUT2D eigenvalue weighted by molar-refractivity contribution is 6.01. The molecule has 0 saturated heterocycles. The maximum Gasteiger partial charge on any atom is 0.343 e. The molecule has 0 spiro atoms. The van der Waals surface area contributed by atoms with E-state index >= 15 is 0 Å². The third-order valence-electron chi connectivity index (χ3n) is 4.70. The summed E-state index contributed by atoms with van der Waals surface area (Å²) >= 11 is 0. The van der Waals surface area contributed by atoms with Gasteiger partial charge in [0.25, 0.3) is 0 Å². The lowest BCUT2D eigenvalue weighted by Gasteiger charge is -2.13. The van der Waals surface area contributed by atoms with Crippen molar-refractivity contribution in [2.45, 2.75) is 6.42 Å². The van der Waals surface area contributed by atoms with Gasteiger partial charge in [-0.05, 0) is 41.5 Å². The Morgan fingerprint density at radius 1 is 0.966 bits per heavy atom. The normalized spacial score (nSPS) is 15.9. The van der Waals surface area contributed by atoms with Crippen LogP contribution >= 0.6 is 0 Å². The molecule has 0 amide bonds. The number of cyclic esters (lactones) is 1. The molecule has 2 aliphatic heterocycles. The molecule has 2 aromatic carbocycles. The van der Waals surface area contributed by atoms with Crippen LogP contribution in [0.1, 0.15) is 11.1 Å². The van der Waals surface area contributed by atoms with Crippen LogP contribution in [0.2, 0.25) is 0 Å². The van der Waals surface area contributed by atoms with Crippen LogP contribution in [0.3, 0.4) is 0 Å². The molecule has 29 heavy (non-hydrogen) atoms. The van der Waals surface area contributed by atoms with Crippen molar-refractivity contribution in [1.82, 2.24) is 0 Å². The minimum Gasteiger partial charge on any atom is -0.493 e. The van der Waals surface area contributed by atoms with E-state index in [1.807, 2.05) is 18.2 Å². The van der Waals surface area contributed by atoms with Gasteiger partial charge in [0, 0.05) is 12.0 Å². The Labute approximate surface area is 168 Å². The summed E-state index contributed by atoms with van der Waals surface area (Å²) in [7, 11) is 4.63. The zero-order valence-electron chi connectivity index (χ0n) is 16.3. The van der Waals surface area contributed by atoms with Crippen molar-refractivity contribution in [3.63, 3.8) is 0 Å². The van der Waals surface area contributed by atoms with Crippen LogP contribution in [0.25, 0.3) is 6.08 Å². The first kappa shape index (κ1) is 18.7. The second-order valence-corrected chi connectivity index (χ2v) is 6.43. The minimum atomic E-state index is -0.408. The van der Waals surface area contributed by atoms with Gasteiger partial charge in [0.1, 0.15) is 0 Å². The van der Waals surface area contributed by atoms with Crippen molar-refractivity contribution in [1.29, 1.82) is 0 Å². The number of hydrogen-bond donors (Lipinski definition) is 0. The number of rotatable bonds is 6. The van der Waals surface area contributed by atoms with Crippen molar-refractivity contribution in [3.8, 4) is 28.7 Å². The van der Waals surface area contributed by atoms with Crippen LogP contribution in [-0.2, 0) is 16.0 Å². The Balaban J connectivity index is 1.65. The second-order valence-electron chi connectivity index (χ2n) is 6.43. The summed E-state index contributed by atoms with van der Waals surface area (Å²) in [5, 5.41) is 0. The standard InChI is InChI=1S/C22H20O7/c1-24-19-9-14(10-20(25-2)21(19)26-3)7-16-15(11-27-22(16)23)6-13-4-5-17-18(8-13)29-12-28-17/h4-5,7-11H,6,12H2,1-3H3. The molecule has 7 nitrogen and oxygen atoms in total. The third kappa shape index (κ3) is 3.59. The SMILES string of the molecule is COc1cc(C=C2C(=O)OC=C2Cc2ccc3c(c2)OCO3)cc(OC)c1OC. The molecule has 2 aliphatic rings. The molecule has 0 unspecified atom stereocenters. The molecule has 0 saturated carbocycles. The maximum absolute atomic E-state index is 12.3. The quantitative estimate of drug-likeness (QED) is 0.547. The van der Waals surface area contributed by atoms with E-state index in [9.17, 15) is 4.79 Å². The van der Waals surface area contributed by atoms with Gasteiger partial charge in [-0.1, -0.05) is 6.07 Å². The van der Waals surface area contributed by atoms with Crippen LogP contribution in [0.4, 0.5) is 0 Å². The summed E-state index contributed by atoms with van der Waals surface area (Å²) in [5.41, 5.74) is 2.94. The Morgan fingerprint density at radius 2 is 1.69 bits per heavy atom. The fraction of sp³-hybridized carbons (Fsp3) is 0.227. The molecule has 0 aliphatic carbocycles. The number of methoxy groups -OCH3 is 3. The summed E-state index contributed by atoms with van der Waals surface area (Å²) < 4.78 is 32.0. The number of esters is 1. The van der Waals surface area contributed by atoms with E-state index in [0.29, 0.717) is 35.0 Å². The molecular weight excluding hydrogens is 376 g/mol. The van der Waals surface area contributed by atoms with Gasteiger partial charge in [0.05, 0.1) is 33.2 Å². The molecule has 2 aromatic rings. The predicted molar refractivity (Wildman–Crippen MR) is 105 cm³/mol. The molecule has 150 valence electrons. The van der Waals surface area contributed by atoms with Crippen molar-refractivity contribution >= 4 is 12.0 Å². The molecular formula is C22H20O7. The molecule has 0 fully saturated rings. The van der Waals surface area contributed by atoms with Gasteiger partial charge in [-0.3, -0.25) is 0 Å². The zero-order valence-corrected chi connectivity index (χ0v) is 16.3. The van der Waals surface area contributed by atoms with Crippen molar-refractivity contribution in [2.24, 2.45) is 0 Å². The fourth-order valence-electron chi connectivity index (χ4n) is 3.29. The van der Waals surface area contributed by atoms with Crippen LogP contribution in [-0.4, -0.2) is 34.1 Å². The van der Waals surface area contributed by atoms with E-state index in [4.69, 9.17) is 28.4 Å². The number of hydrogen-bond acceptors (Lipinski definition) is 7. The average Bonchev–Trinajstić information content (AvgIpc) is 3.34. The molecule has 0 aromatic heterocycles. The molecule has 0 bridgehead atoms. The monoisotopic (exact) mass is 396 g/mol. The van der Waals surface area contributed by atoms with Gasteiger partial charge in [-0.15, -0.1) is 0 Å². The van der Waals surface area contributed by atoms with Crippen molar-refractivity contribution in [3.05, 3.63) is 58.9 Å². The van der Waals surface area contributed by atoms with Gasteiger partial charge in [-0.25, -0.2) is 4.79 Å². The lowest BCUT2D eigenvalue weighted by molar-refractivity contribution is -0.131. The number of fused-ring (bicyclic) bond motifs is 1. The van der Waals surface area contributed by atoms with Gasteiger partial charge >= 0.3 is 5.97 Å². The topological polar surface area (TPSA) is 72.5 Å². The Morgan fingerprint density at radius 3 is 2.38 bits per heavy atom. The maximum atomic E-state index is 12.3. The van der Waals surface area contributed by atoms with E-state index in [1.54, 1.807) is 39.5 Å². The van der Waals surface area contributed by atoms with Gasteiger partial charge in [0.2, 0.25) is 12.5 Å². The van der Waals surface area contributed by atoms with Crippen molar-refractivity contribution in [2.75, 3.05) is 28.1 Å². The predicted octanol–water partition coefficient (Wildman–Crippen LogP) is 3.51. The third-order valence-corrected chi connectivity index (χ3v) is 4.70. The highest BCUT2D eigenvalue weighted by atomic mass is 16.7. The fourth-order valence-corrected chi connectivity index (χ4v) is 3.29. The largest absolute Gasteiger partial charge is 0.493 e. The van der Waals surface area contributed by atoms with E-state index < -0.39 is 5.97 Å². The number of carbonyl (C=O) groups excluding carboxylic acids is 1. The van der Waals surface area contributed by atoms with Gasteiger partial charge in [-0.2, -0.15) is 0 Å². The summed E-state index contributed by atoms with van der Waals surface area (Å²) in [6.45, 7) is 0.218. The molecule has 0 atom stereocenters. The first-order valence-corrected chi connectivity index (χ1v) is 8.93. The molecule has 0 N–H and O–H groups in total. The molecule has 4 rings (SSSR count). The highest BCUT2D eigenvalue weighted by Gasteiger charge is 2.24. The number of ether oxygens (including phenoxy) is 6. The smallest absolute Gasteiger partial charge is 0.343 e. The van der Waals surface area contributed by atoms with E-state index in [1.165, 1.54) is 6.26 Å².